The fourth-order valence-electron chi connectivity index (χ4n) is 2.34. The largest absolute Gasteiger partial charge is 0.114 e. The van der Waals surface area contributed by atoms with Crippen molar-refractivity contribution < 1.29 is 0 Å². The highest BCUT2D eigenvalue weighted by molar-refractivity contribution is 6.23. The summed E-state index contributed by atoms with van der Waals surface area (Å²) in [6.45, 7) is 4.40. The first-order valence-corrected chi connectivity index (χ1v) is 7.79. The normalized spacial score (nSPS) is 14.4. The minimum absolute atomic E-state index is 0.190. The van der Waals surface area contributed by atoms with Crippen molar-refractivity contribution >= 4 is 11.6 Å². The van der Waals surface area contributed by atoms with Crippen molar-refractivity contribution in [3.8, 4) is 0 Å². The van der Waals surface area contributed by atoms with Crippen LogP contribution in [0.3, 0.4) is 0 Å². The van der Waals surface area contributed by atoms with Crippen molar-refractivity contribution in [2.24, 2.45) is 0 Å². The Morgan fingerprint density at radius 2 is 1.44 bits per heavy atom. The van der Waals surface area contributed by atoms with Gasteiger partial charge in [-0.15, -0.1) is 11.6 Å². The molecule has 1 atom stereocenters. The Hall–Kier alpha value is -0.490. The van der Waals surface area contributed by atoms with Crippen LogP contribution in [0.1, 0.15) is 70.8 Å². The fourth-order valence-corrected chi connectivity index (χ4v) is 2.60. The first-order valence-electron chi connectivity index (χ1n) is 7.41. The van der Waals surface area contributed by atoms with Crippen LogP contribution in [0.15, 0.2) is 30.3 Å². The summed E-state index contributed by atoms with van der Waals surface area (Å²) in [5, 5.41) is 0. The number of hydrogen-bond acceptors (Lipinski definition) is 0. The molecule has 1 aromatic carbocycles. The minimum atomic E-state index is -0.190. The molecule has 0 amide bonds. The first-order chi connectivity index (χ1) is 8.67. The summed E-state index contributed by atoms with van der Waals surface area (Å²) in [6.07, 6.45) is 10.5. The average Bonchev–Trinajstić information content (AvgIpc) is 2.39. The molecule has 0 aliphatic rings. The zero-order valence-corrected chi connectivity index (χ0v) is 12.7. The second-order valence-corrected chi connectivity index (χ2v) is 6.27. The van der Waals surface area contributed by atoms with Crippen molar-refractivity contribution in [1.82, 2.24) is 0 Å². The molecule has 0 bridgehead atoms. The maximum atomic E-state index is 6.62. The maximum absolute atomic E-state index is 6.62. The highest BCUT2D eigenvalue weighted by atomic mass is 35.5. The summed E-state index contributed by atoms with van der Waals surface area (Å²) in [4.78, 5) is -0.190. The molecule has 0 saturated carbocycles. The van der Waals surface area contributed by atoms with Gasteiger partial charge >= 0.3 is 0 Å². The third kappa shape index (κ3) is 5.91. The summed E-state index contributed by atoms with van der Waals surface area (Å²) >= 11 is 6.62. The summed E-state index contributed by atoms with van der Waals surface area (Å²) in [5.74, 6) is 0. The molecule has 0 spiro atoms. The van der Waals surface area contributed by atoms with E-state index in [2.05, 4.69) is 38.1 Å². The molecule has 0 aromatic heterocycles. The van der Waals surface area contributed by atoms with E-state index in [4.69, 9.17) is 11.6 Å². The molecule has 0 N–H and O–H groups in total. The summed E-state index contributed by atoms with van der Waals surface area (Å²) in [6, 6.07) is 10.5. The number of alkyl halides is 1. The van der Waals surface area contributed by atoms with E-state index in [1.165, 1.54) is 50.5 Å². The van der Waals surface area contributed by atoms with Gasteiger partial charge in [0.25, 0.3) is 0 Å². The van der Waals surface area contributed by atoms with E-state index >= 15 is 0 Å². The Labute approximate surface area is 118 Å². The maximum Gasteiger partial charge on any atom is 0.0666 e. The van der Waals surface area contributed by atoms with Gasteiger partial charge in [0.15, 0.2) is 0 Å². The SMILES string of the molecule is CCCCCCCCCC(C)(Cl)c1ccccc1. The number of rotatable bonds is 9. The smallest absolute Gasteiger partial charge is 0.0666 e. The zero-order valence-electron chi connectivity index (χ0n) is 11.9. The molecule has 18 heavy (non-hydrogen) atoms. The molecule has 1 unspecified atom stereocenters. The van der Waals surface area contributed by atoms with Crippen LogP contribution in [-0.2, 0) is 4.87 Å². The Balaban J connectivity index is 2.18. The van der Waals surface area contributed by atoms with Gasteiger partial charge in [-0.3, -0.25) is 0 Å². The second-order valence-electron chi connectivity index (χ2n) is 5.43. The van der Waals surface area contributed by atoms with Crippen molar-refractivity contribution in [3.63, 3.8) is 0 Å². The summed E-state index contributed by atoms with van der Waals surface area (Å²) in [5.41, 5.74) is 1.25. The third-order valence-corrected chi connectivity index (χ3v) is 4.03. The van der Waals surface area contributed by atoms with Gasteiger partial charge in [-0.25, -0.2) is 0 Å². The van der Waals surface area contributed by atoms with Crippen molar-refractivity contribution in [2.45, 2.75) is 70.1 Å². The lowest BCUT2D eigenvalue weighted by atomic mass is 9.94. The van der Waals surface area contributed by atoms with Gasteiger partial charge in [0, 0.05) is 0 Å². The van der Waals surface area contributed by atoms with Gasteiger partial charge in [-0.2, -0.15) is 0 Å². The molecule has 0 fully saturated rings. The molecule has 0 aliphatic heterocycles. The molecule has 0 saturated heterocycles. The van der Waals surface area contributed by atoms with E-state index in [1.54, 1.807) is 0 Å². The number of benzene rings is 1. The quantitative estimate of drug-likeness (QED) is 0.364. The lowest BCUT2D eigenvalue weighted by molar-refractivity contribution is 0.522. The molecule has 102 valence electrons. The monoisotopic (exact) mass is 266 g/mol. The molecular weight excluding hydrogens is 240 g/mol. The lowest BCUT2D eigenvalue weighted by Crippen LogP contribution is -2.13. The van der Waals surface area contributed by atoms with E-state index in [9.17, 15) is 0 Å². The van der Waals surface area contributed by atoms with Crippen LogP contribution in [0.25, 0.3) is 0 Å². The molecule has 0 nitrogen and oxygen atoms in total. The highest BCUT2D eigenvalue weighted by Crippen LogP contribution is 2.33. The Morgan fingerprint density at radius 3 is 2.06 bits per heavy atom. The molecule has 1 heteroatoms. The van der Waals surface area contributed by atoms with Crippen LogP contribution >= 0.6 is 11.6 Å². The summed E-state index contributed by atoms with van der Waals surface area (Å²) < 4.78 is 0. The first kappa shape index (κ1) is 15.6. The third-order valence-electron chi connectivity index (χ3n) is 3.63. The minimum Gasteiger partial charge on any atom is -0.114 e. The van der Waals surface area contributed by atoms with Gasteiger partial charge in [-0.05, 0) is 18.9 Å². The van der Waals surface area contributed by atoms with Gasteiger partial charge in [0.1, 0.15) is 0 Å². The highest BCUT2D eigenvalue weighted by Gasteiger charge is 2.22. The van der Waals surface area contributed by atoms with Crippen LogP contribution in [0, 0.1) is 0 Å². The van der Waals surface area contributed by atoms with E-state index in [0.717, 1.165) is 6.42 Å². The Kier molecular flexibility index (Phi) is 7.42. The van der Waals surface area contributed by atoms with Crippen molar-refractivity contribution in [2.75, 3.05) is 0 Å². The van der Waals surface area contributed by atoms with Gasteiger partial charge in [-0.1, -0.05) is 82.2 Å². The zero-order chi connectivity index (χ0) is 13.3. The van der Waals surface area contributed by atoms with Crippen LogP contribution in [0.5, 0.6) is 0 Å². The number of hydrogen-bond donors (Lipinski definition) is 0. The van der Waals surface area contributed by atoms with Crippen molar-refractivity contribution in [1.29, 1.82) is 0 Å². The standard InChI is InChI=1S/C17H27Cl/c1-3-4-5-6-7-8-12-15-17(2,18)16-13-10-9-11-14-16/h9-11,13-14H,3-8,12,15H2,1-2H3. The predicted molar refractivity (Wildman–Crippen MR) is 82.3 cm³/mol. The van der Waals surface area contributed by atoms with Gasteiger partial charge in [0.2, 0.25) is 0 Å². The fraction of sp³-hybridized carbons (Fsp3) is 0.647. The van der Waals surface area contributed by atoms with Gasteiger partial charge in [0.05, 0.1) is 4.87 Å². The topological polar surface area (TPSA) is 0 Å². The van der Waals surface area contributed by atoms with E-state index in [0.29, 0.717) is 0 Å². The van der Waals surface area contributed by atoms with Crippen LogP contribution in [0.2, 0.25) is 0 Å². The molecule has 0 radical (unpaired) electrons. The van der Waals surface area contributed by atoms with Crippen LogP contribution < -0.4 is 0 Å². The molecule has 0 aliphatic carbocycles. The molecule has 1 aromatic rings. The van der Waals surface area contributed by atoms with Crippen LogP contribution in [-0.4, -0.2) is 0 Å². The Bertz CT molecular complexity index is 303. The molecule has 1 rings (SSSR count). The number of halogens is 1. The van der Waals surface area contributed by atoms with Crippen LogP contribution in [0.4, 0.5) is 0 Å². The molecular formula is C17H27Cl. The second kappa shape index (κ2) is 8.58. The van der Waals surface area contributed by atoms with Gasteiger partial charge < -0.3 is 0 Å². The average molecular weight is 267 g/mol. The summed E-state index contributed by atoms with van der Waals surface area (Å²) in [7, 11) is 0. The predicted octanol–water partition coefficient (Wildman–Crippen LogP) is 6.28. The molecule has 0 heterocycles. The Morgan fingerprint density at radius 1 is 0.889 bits per heavy atom. The lowest BCUT2D eigenvalue weighted by Gasteiger charge is -2.22. The van der Waals surface area contributed by atoms with E-state index < -0.39 is 0 Å². The van der Waals surface area contributed by atoms with E-state index in [1.807, 2.05) is 6.07 Å². The van der Waals surface area contributed by atoms with Crippen molar-refractivity contribution in [3.05, 3.63) is 35.9 Å². The van der Waals surface area contributed by atoms with E-state index in [-0.39, 0.29) is 4.87 Å². The number of unbranched alkanes of at least 4 members (excludes halogenated alkanes) is 6.